The number of fused-ring (bicyclic) bond motifs is 1. The summed E-state index contributed by atoms with van der Waals surface area (Å²) in [6, 6.07) is 16.3. The van der Waals surface area contributed by atoms with E-state index in [0.29, 0.717) is 0 Å². The molecule has 1 N–H and O–H groups in total. The van der Waals surface area contributed by atoms with Gasteiger partial charge >= 0.3 is 0 Å². The lowest BCUT2D eigenvalue weighted by molar-refractivity contribution is -0.124. The molecular weight excluding hydrogens is 362 g/mol. The first-order chi connectivity index (χ1) is 14.1. The number of carbonyl (C=O) groups is 1. The molecular formula is C24H27N3O2. The molecule has 5 heteroatoms. The molecule has 1 heterocycles. The number of nitrogens with zero attached hydrogens (tertiary/aromatic N) is 2. The van der Waals surface area contributed by atoms with Gasteiger partial charge in [-0.3, -0.25) is 9.48 Å². The van der Waals surface area contributed by atoms with Gasteiger partial charge in [0.25, 0.3) is 5.91 Å². The third kappa shape index (κ3) is 4.34. The van der Waals surface area contributed by atoms with E-state index in [4.69, 9.17) is 4.74 Å². The molecule has 2 aromatic carbocycles. The van der Waals surface area contributed by atoms with E-state index in [2.05, 4.69) is 27.2 Å². The van der Waals surface area contributed by atoms with Crippen molar-refractivity contribution in [2.45, 2.75) is 45.7 Å². The molecule has 0 aliphatic heterocycles. The molecule has 0 saturated carbocycles. The Morgan fingerprint density at radius 3 is 2.66 bits per heavy atom. The second-order valence-corrected chi connectivity index (χ2v) is 7.71. The van der Waals surface area contributed by atoms with Gasteiger partial charge in [0.1, 0.15) is 5.75 Å². The average molecular weight is 389 g/mol. The van der Waals surface area contributed by atoms with Crippen LogP contribution in [0.5, 0.6) is 5.75 Å². The zero-order chi connectivity index (χ0) is 20.2. The highest BCUT2D eigenvalue weighted by atomic mass is 16.5. The van der Waals surface area contributed by atoms with Crippen LogP contribution in [0.1, 0.15) is 46.8 Å². The van der Waals surface area contributed by atoms with E-state index in [-0.39, 0.29) is 18.6 Å². The summed E-state index contributed by atoms with van der Waals surface area (Å²) in [6.07, 6.45) is 4.87. The largest absolute Gasteiger partial charge is 0.483 e. The van der Waals surface area contributed by atoms with Gasteiger partial charge in [-0.05, 0) is 49.8 Å². The van der Waals surface area contributed by atoms with Gasteiger partial charge < -0.3 is 10.1 Å². The normalized spacial score (nSPS) is 15.6. The minimum Gasteiger partial charge on any atom is -0.483 e. The highest BCUT2D eigenvalue weighted by Gasteiger charge is 2.25. The summed E-state index contributed by atoms with van der Waals surface area (Å²) in [5.41, 5.74) is 5.67. The number of rotatable bonds is 6. The van der Waals surface area contributed by atoms with Crippen LogP contribution in [0, 0.1) is 13.8 Å². The smallest absolute Gasteiger partial charge is 0.258 e. The van der Waals surface area contributed by atoms with Crippen LogP contribution >= 0.6 is 0 Å². The molecule has 0 radical (unpaired) electrons. The molecule has 4 rings (SSSR count). The number of benzene rings is 2. The Hall–Kier alpha value is -3.08. The van der Waals surface area contributed by atoms with Gasteiger partial charge in [-0.15, -0.1) is 0 Å². The Morgan fingerprint density at radius 1 is 1.14 bits per heavy atom. The second-order valence-electron chi connectivity index (χ2n) is 7.71. The Morgan fingerprint density at radius 2 is 1.90 bits per heavy atom. The molecule has 0 spiro atoms. The molecule has 1 aliphatic rings. The molecule has 1 aromatic heterocycles. The maximum absolute atomic E-state index is 12.6. The average Bonchev–Trinajstić information content (AvgIpc) is 3.12. The minimum atomic E-state index is -0.0960. The molecule has 1 atom stereocenters. The topological polar surface area (TPSA) is 56.1 Å². The number of aromatic nitrogens is 2. The fraction of sp³-hybridized carbons (Fsp3) is 0.333. The van der Waals surface area contributed by atoms with E-state index < -0.39 is 0 Å². The summed E-state index contributed by atoms with van der Waals surface area (Å²) in [6.45, 7) is 4.77. The third-order valence-electron chi connectivity index (χ3n) is 5.53. The molecule has 1 unspecified atom stereocenters. The standard InChI is InChI=1S/C24H27N3O2/c1-17-8-6-9-18(2)24(17)29-16-23(28)26-21-12-7-13-22-20(21)14-25-27(22)15-19-10-4-3-5-11-19/h3-6,8-11,14,21H,7,12-13,15-16H2,1-2H3,(H,26,28). The van der Waals surface area contributed by atoms with E-state index >= 15 is 0 Å². The number of hydrogen-bond acceptors (Lipinski definition) is 3. The fourth-order valence-electron chi connectivity index (χ4n) is 4.06. The first kappa shape index (κ1) is 19.2. The molecule has 150 valence electrons. The van der Waals surface area contributed by atoms with Gasteiger partial charge in [-0.25, -0.2) is 0 Å². The summed E-state index contributed by atoms with van der Waals surface area (Å²) in [5, 5.41) is 7.75. The third-order valence-corrected chi connectivity index (χ3v) is 5.53. The second kappa shape index (κ2) is 8.52. The highest BCUT2D eigenvalue weighted by molar-refractivity contribution is 5.78. The lowest BCUT2D eigenvalue weighted by Crippen LogP contribution is -2.34. The summed E-state index contributed by atoms with van der Waals surface area (Å²) in [4.78, 5) is 12.6. The summed E-state index contributed by atoms with van der Waals surface area (Å²) in [5.74, 6) is 0.698. The number of hydrogen-bond donors (Lipinski definition) is 1. The maximum Gasteiger partial charge on any atom is 0.258 e. The van der Waals surface area contributed by atoms with Crippen LogP contribution < -0.4 is 10.1 Å². The number of carbonyl (C=O) groups excluding carboxylic acids is 1. The number of nitrogens with one attached hydrogen (secondary N) is 1. The van der Waals surface area contributed by atoms with Gasteiger partial charge in [0, 0.05) is 11.3 Å². The molecule has 1 aliphatic carbocycles. The van der Waals surface area contributed by atoms with Crippen molar-refractivity contribution in [3.8, 4) is 5.75 Å². The molecule has 0 fully saturated rings. The zero-order valence-corrected chi connectivity index (χ0v) is 17.0. The monoisotopic (exact) mass is 389 g/mol. The van der Waals surface area contributed by atoms with Gasteiger partial charge in [0.2, 0.25) is 0 Å². The van der Waals surface area contributed by atoms with Crippen molar-refractivity contribution in [3.63, 3.8) is 0 Å². The molecule has 29 heavy (non-hydrogen) atoms. The van der Waals surface area contributed by atoms with Crippen LogP contribution in [0.25, 0.3) is 0 Å². The van der Waals surface area contributed by atoms with Gasteiger partial charge in [0.15, 0.2) is 6.61 Å². The number of ether oxygens (including phenoxy) is 1. The van der Waals surface area contributed by atoms with Crippen LogP contribution in [0.4, 0.5) is 0 Å². The van der Waals surface area contributed by atoms with E-state index in [0.717, 1.165) is 48.2 Å². The molecule has 0 bridgehead atoms. The number of para-hydroxylation sites is 1. The summed E-state index contributed by atoms with van der Waals surface area (Å²) in [7, 11) is 0. The van der Waals surface area contributed by atoms with Crippen LogP contribution in [0.15, 0.2) is 54.7 Å². The first-order valence-electron chi connectivity index (χ1n) is 10.2. The maximum atomic E-state index is 12.6. The Bertz CT molecular complexity index is 974. The van der Waals surface area contributed by atoms with E-state index in [9.17, 15) is 4.79 Å². The fourth-order valence-corrected chi connectivity index (χ4v) is 4.06. The van der Waals surface area contributed by atoms with E-state index in [1.807, 2.05) is 56.4 Å². The van der Waals surface area contributed by atoms with Crippen molar-refractivity contribution in [2.75, 3.05) is 6.61 Å². The van der Waals surface area contributed by atoms with Crippen molar-refractivity contribution in [2.24, 2.45) is 0 Å². The number of aryl methyl sites for hydroxylation is 2. The van der Waals surface area contributed by atoms with E-state index in [1.54, 1.807) is 0 Å². The Kier molecular flexibility index (Phi) is 5.65. The van der Waals surface area contributed by atoms with Crippen molar-refractivity contribution in [1.82, 2.24) is 15.1 Å². The van der Waals surface area contributed by atoms with E-state index in [1.165, 1.54) is 11.3 Å². The zero-order valence-electron chi connectivity index (χ0n) is 17.0. The molecule has 0 saturated heterocycles. The lowest BCUT2D eigenvalue weighted by atomic mass is 9.93. The summed E-state index contributed by atoms with van der Waals surface area (Å²) >= 11 is 0. The first-order valence-corrected chi connectivity index (χ1v) is 10.2. The Labute approximate surface area is 171 Å². The van der Waals surface area contributed by atoms with Gasteiger partial charge in [-0.2, -0.15) is 5.10 Å². The number of amides is 1. The van der Waals surface area contributed by atoms with Crippen molar-refractivity contribution < 1.29 is 9.53 Å². The van der Waals surface area contributed by atoms with Crippen LogP contribution in [-0.2, 0) is 17.8 Å². The minimum absolute atomic E-state index is 0.00246. The lowest BCUT2D eigenvalue weighted by Gasteiger charge is -2.24. The highest BCUT2D eigenvalue weighted by Crippen LogP contribution is 2.30. The predicted octanol–water partition coefficient (Wildman–Crippen LogP) is 4.12. The van der Waals surface area contributed by atoms with Crippen molar-refractivity contribution in [1.29, 1.82) is 0 Å². The van der Waals surface area contributed by atoms with Gasteiger partial charge in [0.05, 0.1) is 18.8 Å². The SMILES string of the molecule is Cc1cccc(C)c1OCC(=O)NC1CCCc2c1cnn2Cc1ccccc1. The van der Waals surface area contributed by atoms with Crippen LogP contribution in [-0.4, -0.2) is 22.3 Å². The van der Waals surface area contributed by atoms with Crippen molar-refractivity contribution in [3.05, 3.63) is 82.7 Å². The molecule has 3 aromatic rings. The quantitative estimate of drug-likeness (QED) is 0.690. The van der Waals surface area contributed by atoms with Crippen LogP contribution in [0.3, 0.4) is 0 Å². The van der Waals surface area contributed by atoms with Crippen LogP contribution in [0.2, 0.25) is 0 Å². The van der Waals surface area contributed by atoms with Gasteiger partial charge in [-0.1, -0.05) is 48.5 Å². The molecule has 1 amide bonds. The predicted molar refractivity (Wildman–Crippen MR) is 113 cm³/mol. The van der Waals surface area contributed by atoms with Crippen molar-refractivity contribution >= 4 is 5.91 Å². The molecule has 5 nitrogen and oxygen atoms in total. The summed E-state index contributed by atoms with van der Waals surface area (Å²) < 4.78 is 7.88. The Balaban J connectivity index is 1.41.